The predicted octanol–water partition coefficient (Wildman–Crippen LogP) is 2.66. The van der Waals surface area contributed by atoms with Gasteiger partial charge in [-0.15, -0.1) is 0 Å². The van der Waals surface area contributed by atoms with Crippen LogP contribution in [0.1, 0.15) is 36.0 Å². The molecule has 2 rings (SSSR count). The number of ether oxygens (including phenoxy) is 2. The minimum absolute atomic E-state index is 0.318. The molecule has 24 heavy (non-hydrogen) atoms. The number of hydrogen-bond donors (Lipinski definition) is 0. The van der Waals surface area contributed by atoms with Crippen molar-refractivity contribution in [2.45, 2.75) is 25.7 Å². The lowest BCUT2D eigenvalue weighted by molar-refractivity contribution is 0.0600. The van der Waals surface area contributed by atoms with Crippen LogP contribution in [0.3, 0.4) is 0 Å². The lowest BCUT2D eigenvalue weighted by Gasteiger charge is -2.32. The summed E-state index contributed by atoms with van der Waals surface area (Å²) in [6, 6.07) is 7.10. The lowest BCUT2D eigenvalue weighted by atomic mass is 10.2. The Kier molecular flexibility index (Phi) is 8.05. The van der Waals surface area contributed by atoms with Crippen LogP contribution in [0.4, 0.5) is 0 Å². The second-order valence-corrected chi connectivity index (χ2v) is 6.42. The number of methoxy groups -OCH3 is 1. The van der Waals surface area contributed by atoms with Crippen LogP contribution in [0.15, 0.2) is 24.3 Å². The third-order valence-electron chi connectivity index (χ3n) is 4.51. The van der Waals surface area contributed by atoms with E-state index in [1.54, 1.807) is 12.1 Å². The Bertz CT molecular complexity index is 482. The number of nitrogens with zero attached hydrogens (tertiary/aromatic N) is 2. The van der Waals surface area contributed by atoms with Crippen LogP contribution in [-0.2, 0) is 4.74 Å². The van der Waals surface area contributed by atoms with Crippen LogP contribution < -0.4 is 4.74 Å². The Hall–Kier alpha value is -1.59. The number of benzene rings is 1. The minimum atomic E-state index is -0.318. The summed E-state index contributed by atoms with van der Waals surface area (Å²) in [5, 5.41) is 0. The lowest BCUT2D eigenvalue weighted by Crippen LogP contribution is -2.44. The third-order valence-corrected chi connectivity index (χ3v) is 4.51. The maximum Gasteiger partial charge on any atom is 0.337 e. The van der Waals surface area contributed by atoms with Gasteiger partial charge in [-0.05, 0) is 50.7 Å². The average molecular weight is 334 g/mol. The molecule has 1 aromatic carbocycles. The van der Waals surface area contributed by atoms with Gasteiger partial charge < -0.3 is 19.3 Å². The van der Waals surface area contributed by atoms with E-state index in [4.69, 9.17) is 4.74 Å². The fraction of sp³-hybridized carbons (Fsp3) is 0.632. The second kappa shape index (κ2) is 10.3. The fourth-order valence-corrected chi connectivity index (χ4v) is 2.86. The van der Waals surface area contributed by atoms with Gasteiger partial charge in [-0.2, -0.15) is 0 Å². The summed E-state index contributed by atoms with van der Waals surface area (Å²) >= 11 is 0. The maximum atomic E-state index is 11.3. The molecule has 1 heterocycles. The highest BCUT2D eigenvalue weighted by Crippen LogP contribution is 2.14. The maximum absolute atomic E-state index is 11.3. The molecule has 0 unspecified atom stereocenters. The van der Waals surface area contributed by atoms with E-state index < -0.39 is 0 Å². The van der Waals surface area contributed by atoms with Crippen LogP contribution in [0.2, 0.25) is 0 Å². The van der Waals surface area contributed by atoms with Crippen molar-refractivity contribution >= 4 is 5.97 Å². The van der Waals surface area contributed by atoms with Crippen molar-refractivity contribution in [2.75, 3.05) is 53.5 Å². The Morgan fingerprint density at radius 1 is 1.00 bits per heavy atom. The first-order valence-corrected chi connectivity index (χ1v) is 8.91. The fourth-order valence-electron chi connectivity index (χ4n) is 2.86. The van der Waals surface area contributed by atoms with Gasteiger partial charge in [0.2, 0.25) is 0 Å². The van der Waals surface area contributed by atoms with Gasteiger partial charge in [0.05, 0.1) is 19.3 Å². The van der Waals surface area contributed by atoms with E-state index in [0.29, 0.717) is 5.56 Å². The molecule has 5 heteroatoms. The standard InChI is InChI=1S/C19H30N2O3/c1-20-12-14-21(15-13-20)11-5-3-4-6-16-24-18-9-7-17(8-10-18)19(22)23-2/h7-10H,3-6,11-16H2,1-2H3. The molecule has 0 spiro atoms. The molecule has 0 atom stereocenters. The van der Waals surface area contributed by atoms with E-state index in [1.165, 1.54) is 59.1 Å². The van der Waals surface area contributed by atoms with Gasteiger partial charge >= 0.3 is 5.97 Å². The van der Waals surface area contributed by atoms with Gasteiger partial charge in [-0.25, -0.2) is 4.79 Å². The quantitative estimate of drug-likeness (QED) is 0.513. The number of carbonyl (C=O) groups is 1. The number of unbranched alkanes of at least 4 members (excludes halogenated alkanes) is 3. The molecule has 0 saturated carbocycles. The third kappa shape index (κ3) is 6.49. The largest absolute Gasteiger partial charge is 0.494 e. The van der Waals surface area contributed by atoms with Crippen LogP contribution in [0.5, 0.6) is 5.75 Å². The number of esters is 1. The van der Waals surface area contributed by atoms with Gasteiger partial charge in [-0.1, -0.05) is 12.8 Å². The van der Waals surface area contributed by atoms with Crippen molar-refractivity contribution in [1.82, 2.24) is 9.80 Å². The van der Waals surface area contributed by atoms with Crippen molar-refractivity contribution in [2.24, 2.45) is 0 Å². The van der Waals surface area contributed by atoms with Crippen molar-refractivity contribution < 1.29 is 14.3 Å². The van der Waals surface area contributed by atoms with Crippen molar-refractivity contribution in [3.8, 4) is 5.75 Å². The molecule has 0 N–H and O–H groups in total. The molecular weight excluding hydrogens is 304 g/mol. The summed E-state index contributed by atoms with van der Waals surface area (Å²) in [5.74, 6) is 0.488. The molecule has 1 aliphatic heterocycles. The number of carbonyl (C=O) groups excluding carboxylic acids is 1. The minimum Gasteiger partial charge on any atom is -0.494 e. The summed E-state index contributed by atoms with van der Waals surface area (Å²) in [5.41, 5.74) is 0.550. The van der Waals surface area contributed by atoms with Gasteiger partial charge in [0.15, 0.2) is 0 Å². The molecule has 1 fully saturated rings. The predicted molar refractivity (Wildman–Crippen MR) is 95.7 cm³/mol. The number of piperazine rings is 1. The zero-order valence-electron chi connectivity index (χ0n) is 15.0. The van der Waals surface area contributed by atoms with E-state index in [1.807, 2.05) is 12.1 Å². The van der Waals surface area contributed by atoms with E-state index in [9.17, 15) is 4.79 Å². The topological polar surface area (TPSA) is 42.0 Å². The van der Waals surface area contributed by atoms with E-state index in [2.05, 4.69) is 21.6 Å². The molecule has 0 radical (unpaired) electrons. The first kappa shape index (κ1) is 18.7. The van der Waals surface area contributed by atoms with Gasteiger partial charge in [0.25, 0.3) is 0 Å². The van der Waals surface area contributed by atoms with E-state index >= 15 is 0 Å². The van der Waals surface area contributed by atoms with Crippen molar-refractivity contribution in [3.05, 3.63) is 29.8 Å². The summed E-state index contributed by atoms with van der Waals surface area (Å²) < 4.78 is 10.4. The summed E-state index contributed by atoms with van der Waals surface area (Å²) in [6.45, 7) is 6.77. The molecule has 0 bridgehead atoms. The normalized spacial score (nSPS) is 16.1. The number of hydrogen-bond acceptors (Lipinski definition) is 5. The van der Waals surface area contributed by atoms with Gasteiger partial charge in [0, 0.05) is 26.2 Å². The molecule has 1 aromatic rings. The Labute approximate surface area is 145 Å². The van der Waals surface area contributed by atoms with Crippen LogP contribution >= 0.6 is 0 Å². The molecule has 5 nitrogen and oxygen atoms in total. The van der Waals surface area contributed by atoms with Crippen LogP contribution in [0.25, 0.3) is 0 Å². The highest BCUT2D eigenvalue weighted by molar-refractivity contribution is 5.89. The first-order valence-electron chi connectivity index (χ1n) is 8.91. The molecule has 0 aromatic heterocycles. The zero-order chi connectivity index (χ0) is 17.2. The highest BCUT2D eigenvalue weighted by Gasteiger charge is 2.12. The molecule has 0 amide bonds. The van der Waals surface area contributed by atoms with Crippen LogP contribution in [0, 0.1) is 0 Å². The van der Waals surface area contributed by atoms with E-state index in [0.717, 1.165) is 18.8 Å². The summed E-state index contributed by atoms with van der Waals surface area (Å²) in [4.78, 5) is 16.3. The molecular formula is C19H30N2O3. The molecule has 0 aliphatic carbocycles. The Balaban J connectivity index is 1.50. The summed E-state index contributed by atoms with van der Waals surface area (Å²) in [7, 11) is 3.58. The number of rotatable bonds is 9. The monoisotopic (exact) mass is 334 g/mol. The van der Waals surface area contributed by atoms with Gasteiger partial charge in [-0.3, -0.25) is 0 Å². The second-order valence-electron chi connectivity index (χ2n) is 6.42. The van der Waals surface area contributed by atoms with Crippen LogP contribution in [-0.4, -0.2) is 69.3 Å². The van der Waals surface area contributed by atoms with E-state index in [-0.39, 0.29) is 5.97 Å². The Morgan fingerprint density at radius 2 is 1.67 bits per heavy atom. The number of likely N-dealkylation sites (N-methyl/N-ethyl adjacent to an activating group) is 1. The summed E-state index contributed by atoms with van der Waals surface area (Å²) in [6.07, 6.45) is 4.81. The SMILES string of the molecule is COC(=O)c1ccc(OCCCCCCN2CCN(C)CC2)cc1. The smallest absolute Gasteiger partial charge is 0.337 e. The van der Waals surface area contributed by atoms with Crippen molar-refractivity contribution in [1.29, 1.82) is 0 Å². The molecule has 1 aliphatic rings. The van der Waals surface area contributed by atoms with Gasteiger partial charge in [0.1, 0.15) is 5.75 Å². The average Bonchev–Trinajstić information content (AvgIpc) is 2.62. The Morgan fingerprint density at radius 3 is 2.33 bits per heavy atom. The molecule has 134 valence electrons. The zero-order valence-corrected chi connectivity index (χ0v) is 15.0. The first-order chi connectivity index (χ1) is 11.7. The highest BCUT2D eigenvalue weighted by atomic mass is 16.5. The van der Waals surface area contributed by atoms with Crippen molar-refractivity contribution in [3.63, 3.8) is 0 Å². The molecule has 1 saturated heterocycles.